The molecule has 0 amide bonds. The number of piperidine rings is 3. The lowest BCUT2D eigenvalue weighted by molar-refractivity contribution is 0.0720. The van der Waals surface area contributed by atoms with Gasteiger partial charge in [-0.1, -0.05) is 29.8 Å². The van der Waals surface area contributed by atoms with Crippen LogP contribution in [0.15, 0.2) is 40.9 Å². The minimum absolute atomic E-state index is 0.520. The van der Waals surface area contributed by atoms with Gasteiger partial charge in [0.1, 0.15) is 6.61 Å². The minimum Gasteiger partial charge on any atom is -0.493 e. The van der Waals surface area contributed by atoms with Gasteiger partial charge < -0.3 is 19.7 Å². The molecule has 1 N–H and O–H groups in total. The summed E-state index contributed by atoms with van der Waals surface area (Å²) >= 11 is 3.68. The highest BCUT2D eigenvalue weighted by Crippen LogP contribution is 2.37. The second-order valence-corrected chi connectivity index (χ2v) is 8.86. The predicted molar refractivity (Wildman–Crippen MR) is 116 cm³/mol. The SMILES string of the molecule is COc1cc(CNC2CN3CCC2CC3)cc(Br)c1OCc1ccc(C)cc1. The van der Waals surface area contributed by atoms with Gasteiger partial charge >= 0.3 is 0 Å². The van der Waals surface area contributed by atoms with Crippen molar-refractivity contribution in [3.05, 3.63) is 57.6 Å². The van der Waals surface area contributed by atoms with Gasteiger partial charge in [-0.3, -0.25) is 0 Å². The van der Waals surface area contributed by atoms with E-state index in [0.29, 0.717) is 12.6 Å². The normalized spacial score (nSPS) is 23.6. The van der Waals surface area contributed by atoms with Crippen molar-refractivity contribution in [2.75, 3.05) is 26.7 Å². The molecule has 2 aromatic carbocycles. The molecule has 150 valence electrons. The Morgan fingerprint density at radius 1 is 1.11 bits per heavy atom. The summed E-state index contributed by atoms with van der Waals surface area (Å²) < 4.78 is 12.6. The van der Waals surface area contributed by atoms with E-state index in [1.54, 1.807) is 7.11 Å². The summed E-state index contributed by atoms with van der Waals surface area (Å²) in [7, 11) is 1.70. The molecule has 3 saturated heterocycles. The van der Waals surface area contributed by atoms with Crippen LogP contribution in [-0.4, -0.2) is 37.7 Å². The average Bonchev–Trinajstić information content (AvgIpc) is 2.73. The monoisotopic (exact) mass is 444 g/mol. The highest BCUT2D eigenvalue weighted by molar-refractivity contribution is 9.10. The summed E-state index contributed by atoms with van der Waals surface area (Å²) in [6.45, 7) is 7.19. The topological polar surface area (TPSA) is 33.7 Å². The van der Waals surface area contributed by atoms with Crippen molar-refractivity contribution in [2.24, 2.45) is 5.92 Å². The van der Waals surface area contributed by atoms with Gasteiger partial charge in [-0.2, -0.15) is 0 Å². The number of methoxy groups -OCH3 is 1. The van der Waals surface area contributed by atoms with Crippen LogP contribution in [0, 0.1) is 12.8 Å². The Hall–Kier alpha value is -1.56. The number of aryl methyl sites for hydroxylation is 1. The fourth-order valence-corrected chi connectivity index (χ4v) is 4.90. The van der Waals surface area contributed by atoms with E-state index in [9.17, 15) is 0 Å². The number of fused-ring (bicyclic) bond motifs is 3. The Balaban J connectivity index is 1.40. The number of ether oxygens (including phenoxy) is 2. The predicted octanol–water partition coefficient (Wildman–Crippen LogP) is 4.53. The van der Waals surface area contributed by atoms with Crippen molar-refractivity contribution in [1.82, 2.24) is 10.2 Å². The Kier molecular flexibility index (Phi) is 6.24. The van der Waals surface area contributed by atoms with Crippen molar-refractivity contribution in [2.45, 2.75) is 39.0 Å². The van der Waals surface area contributed by atoms with Gasteiger partial charge in [-0.15, -0.1) is 0 Å². The Morgan fingerprint density at radius 2 is 1.86 bits per heavy atom. The van der Waals surface area contributed by atoms with Gasteiger partial charge in [0.2, 0.25) is 0 Å². The summed E-state index contributed by atoms with van der Waals surface area (Å²) in [5.41, 5.74) is 3.61. The first-order valence-corrected chi connectivity index (χ1v) is 10.9. The number of nitrogens with zero attached hydrogens (tertiary/aromatic N) is 1. The second-order valence-electron chi connectivity index (χ2n) is 8.01. The largest absolute Gasteiger partial charge is 0.493 e. The first-order chi connectivity index (χ1) is 13.6. The summed E-state index contributed by atoms with van der Waals surface area (Å²) in [6, 6.07) is 13.2. The molecule has 0 aromatic heterocycles. The Bertz CT molecular complexity index is 801. The lowest BCUT2D eigenvalue weighted by Crippen LogP contribution is -2.55. The third kappa shape index (κ3) is 4.53. The molecule has 0 aliphatic carbocycles. The third-order valence-corrected chi connectivity index (χ3v) is 6.61. The summed E-state index contributed by atoms with van der Waals surface area (Å²) in [4.78, 5) is 2.58. The van der Waals surface area contributed by atoms with Crippen LogP contribution in [0.25, 0.3) is 0 Å². The number of nitrogens with one attached hydrogen (secondary N) is 1. The highest BCUT2D eigenvalue weighted by atomic mass is 79.9. The minimum atomic E-state index is 0.520. The Labute approximate surface area is 176 Å². The van der Waals surface area contributed by atoms with Crippen molar-refractivity contribution in [1.29, 1.82) is 0 Å². The molecule has 3 aliphatic rings. The van der Waals surface area contributed by atoms with Crippen molar-refractivity contribution < 1.29 is 9.47 Å². The molecular weight excluding hydrogens is 416 g/mol. The average molecular weight is 445 g/mol. The van der Waals surface area contributed by atoms with Gasteiger partial charge in [0.05, 0.1) is 11.6 Å². The lowest BCUT2D eigenvalue weighted by Gasteiger charge is -2.45. The smallest absolute Gasteiger partial charge is 0.175 e. The zero-order valence-electron chi connectivity index (χ0n) is 16.7. The highest BCUT2D eigenvalue weighted by Gasteiger charge is 2.33. The van der Waals surface area contributed by atoms with E-state index in [0.717, 1.165) is 34.0 Å². The van der Waals surface area contributed by atoms with Crippen molar-refractivity contribution in [3.8, 4) is 11.5 Å². The first kappa shape index (κ1) is 19.7. The second kappa shape index (κ2) is 8.85. The van der Waals surface area contributed by atoms with E-state index in [4.69, 9.17) is 9.47 Å². The Morgan fingerprint density at radius 3 is 2.50 bits per heavy atom. The molecule has 3 heterocycles. The molecule has 4 nitrogen and oxygen atoms in total. The maximum Gasteiger partial charge on any atom is 0.175 e. The summed E-state index contributed by atoms with van der Waals surface area (Å²) in [5, 5.41) is 3.77. The maximum absolute atomic E-state index is 6.08. The van der Waals surface area contributed by atoms with Crippen LogP contribution in [0.4, 0.5) is 0 Å². The van der Waals surface area contributed by atoms with E-state index in [2.05, 4.69) is 69.5 Å². The van der Waals surface area contributed by atoms with Crippen LogP contribution in [0.3, 0.4) is 0 Å². The fourth-order valence-electron chi connectivity index (χ4n) is 4.30. The number of rotatable bonds is 7. The molecule has 1 atom stereocenters. The summed E-state index contributed by atoms with van der Waals surface area (Å²) in [6.07, 6.45) is 2.66. The van der Waals surface area contributed by atoms with Crippen LogP contribution < -0.4 is 14.8 Å². The van der Waals surface area contributed by atoms with E-state index >= 15 is 0 Å². The number of hydrogen-bond acceptors (Lipinski definition) is 4. The molecule has 28 heavy (non-hydrogen) atoms. The number of benzene rings is 2. The molecule has 3 aliphatic heterocycles. The van der Waals surface area contributed by atoms with Gasteiger partial charge in [0, 0.05) is 19.1 Å². The molecule has 2 aromatic rings. The molecule has 3 fully saturated rings. The van der Waals surface area contributed by atoms with E-state index in [-0.39, 0.29) is 0 Å². The van der Waals surface area contributed by atoms with E-state index in [1.165, 1.54) is 43.6 Å². The van der Waals surface area contributed by atoms with Crippen LogP contribution >= 0.6 is 15.9 Å². The fraction of sp³-hybridized carbons (Fsp3) is 0.478. The third-order valence-electron chi connectivity index (χ3n) is 6.02. The van der Waals surface area contributed by atoms with Crippen LogP contribution in [0.2, 0.25) is 0 Å². The first-order valence-electron chi connectivity index (χ1n) is 10.1. The van der Waals surface area contributed by atoms with Crippen LogP contribution in [0.5, 0.6) is 11.5 Å². The van der Waals surface area contributed by atoms with Crippen molar-refractivity contribution in [3.63, 3.8) is 0 Å². The van der Waals surface area contributed by atoms with Gasteiger partial charge in [0.15, 0.2) is 11.5 Å². The molecular formula is C23H29BrN2O2. The molecule has 2 bridgehead atoms. The molecule has 5 heteroatoms. The van der Waals surface area contributed by atoms with E-state index in [1.807, 2.05) is 0 Å². The maximum atomic E-state index is 6.08. The zero-order valence-corrected chi connectivity index (χ0v) is 18.3. The number of hydrogen-bond donors (Lipinski definition) is 1. The van der Waals surface area contributed by atoms with E-state index < -0.39 is 0 Å². The molecule has 0 radical (unpaired) electrons. The molecule has 5 rings (SSSR count). The van der Waals surface area contributed by atoms with Crippen LogP contribution in [0.1, 0.15) is 29.5 Å². The molecule has 1 unspecified atom stereocenters. The van der Waals surface area contributed by atoms with Gasteiger partial charge in [-0.25, -0.2) is 0 Å². The number of halogens is 1. The molecule has 0 saturated carbocycles. The van der Waals surface area contributed by atoms with Crippen LogP contribution in [-0.2, 0) is 13.2 Å². The standard InChI is InChI=1S/C23H29BrN2O2/c1-16-3-5-17(6-4-16)15-28-23-20(24)11-18(12-22(23)27-2)13-25-21-14-26-9-7-19(21)8-10-26/h3-6,11-12,19,21,25H,7-10,13-15H2,1-2H3. The zero-order chi connectivity index (χ0) is 19.5. The summed E-state index contributed by atoms with van der Waals surface area (Å²) in [5.74, 6) is 2.36. The van der Waals surface area contributed by atoms with Crippen molar-refractivity contribution >= 4 is 15.9 Å². The molecule has 0 spiro atoms. The quantitative estimate of drug-likeness (QED) is 0.679. The lowest BCUT2D eigenvalue weighted by atomic mass is 9.84. The van der Waals surface area contributed by atoms with Gasteiger partial charge in [0.25, 0.3) is 0 Å². The van der Waals surface area contributed by atoms with Gasteiger partial charge in [-0.05, 0) is 78.0 Å².